The number of hydrogen-bond donors (Lipinski definition) is 0. The van der Waals surface area contributed by atoms with Gasteiger partial charge in [0, 0.05) is 18.1 Å². The van der Waals surface area contributed by atoms with E-state index >= 15 is 0 Å². The van der Waals surface area contributed by atoms with Crippen molar-refractivity contribution >= 4 is 0 Å². The molecule has 0 unspecified atom stereocenters. The third-order valence-corrected chi connectivity index (χ3v) is 2.00. The molecule has 15 heavy (non-hydrogen) atoms. The number of alkyl halides is 2. The molecule has 1 aromatic carbocycles. The average molecular weight is 216 g/mol. The van der Waals surface area contributed by atoms with Crippen molar-refractivity contribution in [3.8, 4) is 11.5 Å². The Labute approximate surface area is 87.8 Å². The predicted octanol–water partition coefficient (Wildman–Crippen LogP) is 2.90. The lowest BCUT2D eigenvalue weighted by atomic mass is 10.1. The summed E-state index contributed by atoms with van der Waals surface area (Å²) in [5, 5.41) is 0. The number of rotatable bonds is 4. The van der Waals surface area contributed by atoms with Gasteiger partial charge in [0.1, 0.15) is 11.5 Å². The highest BCUT2D eigenvalue weighted by Gasteiger charge is 2.23. The average Bonchev–Trinajstić information content (AvgIpc) is 2.16. The van der Waals surface area contributed by atoms with Crippen molar-refractivity contribution in [1.82, 2.24) is 0 Å². The smallest absolute Gasteiger partial charge is 0.249 e. The third-order valence-electron chi connectivity index (χ3n) is 2.00. The summed E-state index contributed by atoms with van der Waals surface area (Å²) in [4.78, 5) is 0. The molecule has 0 amide bonds. The molecule has 0 saturated heterocycles. The summed E-state index contributed by atoms with van der Waals surface area (Å²) in [5.74, 6) is -1.71. The van der Waals surface area contributed by atoms with Gasteiger partial charge in [-0.2, -0.15) is 0 Å². The molecule has 0 saturated carbocycles. The van der Waals surface area contributed by atoms with Crippen LogP contribution in [0.25, 0.3) is 0 Å². The normalized spacial score (nSPS) is 11.3. The number of halogens is 2. The van der Waals surface area contributed by atoms with Crippen LogP contribution in [-0.2, 0) is 6.42 Å². The molecule has 0 N–H and O–H groups in total. The van der Waals surface area contributed by atoms with E-state index < -0.39 is 5.92 Å². The van der Waals surface area contributed by atoms with Crippen molar-refractivity contribution in [2.45, 2.75) is 19.3 Å². The SMILES string of the molecule is COc1ccc(CC(C)(F)F)c(OC)c1. The number of hydrogen-bond acceptors (Lipinski definition) is 2. The fourth-order valence-corrected chi connectivity index (χ4v) is 1.33. The lowest BCUT2D eigenvalue weighted by Gasteiger charge is -2.14. The molecular formula is C11H14F2O2. The van der Waals surface area contributed by atoms with Gasteiger partial charge in [0.2, 0.25) is 5.92 Å². The highest BCUT2D eigenvalue weighted by molar-refractivity contribution is 5.41. The summed E-state index contributed by atoms with van der Waals surface area (Å²) in [6.45, 7) is 0.886. The minimum Gasteiger partial charge on any atom is -0.497 e. The van der Waals surface area contributed by atoms with Gasteiger partial charge in [0.25, 0.3) is 0 Å². The second kappa shape index (κ2) is 4.47. The van der Waals surface area contributed by atoms with E-state index in [-0.39, 0.29) is 6.42 Å². The first-order valence-electron chi connectivity index (χ1n) is 4.55. The van der Waals surface area contributed by atoms with Gasteiger partial charge in [0.15, 0.2) is 0 Å². The Kier molecular flexibility index (Phi) is 3.50. The lowest BCUT2D eigenvalue weighted by Crippen LogP contribution is -2.14. The van der Waals surface area contributed by atoms with Crippen molar-refractivity contribution < 1.29 is 18.3 Å². The second-order valence-corrected chi connectivity index (χ2v) is 3.42. The first-order valence-corrected chi connectivity index (χ1v) is 4.55. The van der Waals surface area contributed by atoms with Crippen molar-refractivity contribution in [2.75, 3.05) is 14.2 Å². The Bertz CT molecular complexity index is 332. The Morgan fingerprint density at radius 3 is 2.33 bits per heavy atom. The molecule has 1 aromatic rings. The number of methoxy groups -OCH3 is 2. The van der Waals surface area contributed by atoms with E-state index in [2.05, 4.69) is 0 Å². The molecular weight excluding hydrogens is 202 g/mol. The van der Waals surface area contributed by atoms with Gasteiger partial charge in [-0.1, -0.05) is 6.07 Å². The van der Waals surface area contributed by atoms with E-state index in [9.17, 15) is 8.78 Å². The standard InChI is InChI=1S/C11H14F2O2/c1-11(12,13)7-8-4-5-9(14-2)6-10(8)15-3/h4-6H,7H2,1-3H3. The van der Waals surface area contributed by atoms with Gasteiger partial charge in [0.05, 0.1) is 14.2 Å². The summed E-state index contributed by atoms with van der Waals surface area (Å²) < 4.78 is 35.6. The first kappa shape index (κ1) is 11.8. The molecule has 2 nitrogen and oxygen atoms in total. The molecule has 0 fully saturated rings. The van der Waals surface area contributed by atoms with Crippen molar-refractivity contribution in [3.63, 3.8) is 0 Å². The molecule has 0 bridgehead atoms. The van der Waals surface area contributed by atoms with E-state index in [0.29, 0.717) is 17.1 Å². The van der Waals surface area contributed by atoms with Gasteiger partial charge in [-0.05, 0) is 13.0 Å². The summed E-state index contributed by atoms with van der Waals surface area (Å²) >= 11 is 0. The molecule has 0 radical (unpaired) electrons. The Balaban J connectivity index is 2.97. The van der Waals surface area contributed by atoms with Crippen LogP contribution < -0.4 is 9.47 Å². The van der Waals surface area contributed by atoms with Crippen LogP contribution in [0.5, 0.6) is 11.5 Å². The predicted molar refractivity (Wildman–Crippen MR) is 53.9 cm³/mol. The summed E-state index contributed by atoms with van der Waals surface area (Å²) in [7, 11) is 2.97. The number of ether oxygens (including phenoxy) is 2. The monoisotopic (exact) mass is 216 g/mol. The van der Waals surface area contributed by atoms with Crippen molar-refractivity contribution in [2.24, 2.45) is 0 Å². The van der Waals surface area contributed by atoms with Crippen LogP contribution in [-0.4, -0.2) is 20.1 Å². The topological polar surface area (TPSA) is 18.5 Å². The van der Waals surface area contributed by atoms with Crippen LogP contribution in [0.3, 0.4) is 0 Å². The molecule has 0 atom stereocenters. The minimum atomic E-state index is -2.73. The summed E-state index contributed by atoms with van der Waals surface area (Å²) in [5.41, 5.74) is 0.478. The Hall–Kier alpha value is -1.32. The van der Waals surface area contributed by atoms with Gasteiger partial charge in [-0.3, -0.25) is 0 Å². The summed E-state index contributed by atoms with van der Waals surface area (Å²) in [6.07, 6.45) is -0.333. The maximum Gasteiger partial charge on any atom is 0.249 e. The maximum atomic E-state index is 12.8. The van der Waals surface area contributed by atoms with Gasteiger partial charge >= 0.3 is 0 Å². The van der Waals surface area contributed by atoms with Gasteiger partial charge < -0.3 is 9.47 Å². The molecule has 0 aliphatic carbocycles. The van der Waals surface area contributed by atoms with Crippen LogP contribution in [0.4, 0.5) is 8.78 Å². The molecule has 0 aliphatic heterocycles. The zero-order valence-corrected chi connectivity index (χ0v) is 9.01. The van der Waals surface area contributed by atoms with Crippen LogP contribution in [0.1, 0.15) is 12.5 Å². The van der Waals surface area contributed by atoms with Crippen LogP contribution in [0, 0.1) is 0 Å². The molecule has 84 valence electrons. The van der Waals surface area contributed by atoms with Crippen molar-refractivity contribution in [1.29, 1.82) is 0 Å². The van der Waals surface area contributed by atoms with Crippen LogP contribution in [0.2, 0.25) is 0 Å². The van der Waals surface area contributed by atoms with E-state index in [1.54, 1.807) is 18.2 Å². The van der Waals surface area contributed by atoms with E-state index in [0.717, 1.165) is 6.92 Å². The fourth-order valence-electron chi connectivity index (χ4n) is 1.33. The first-order chi connectivity index (χ1) is 6.96. The third kappa shape index (κ3) is 3.38. The van der Waals surface area contributed by atoms with E-state index in [1.165, 1.54) is 14.2 Å². The Morgan fingerprint density at radius 2 is 1.87 bits per heavy atom. The van der Waals surface area contributed by atoms with E-state index in [1.807, 2.05) is 0 Å². The zero-order valence-electron chi connectivity index (χ0n) is 9.01. The molecule has 1 rings (SSSR count). The molecule has 4 heteroatoms. The van der Waals surface area contributed by atoms with E-state index in [4.69, 9.17) is 9.47 Å². The highest BCUT2D eigenvalue weighted by Crippen LogP contribution is 2.29. The molecule has 0 spiro atoms. The highest BCUT2D eigenvalue weighted by atomic mass is 19.3. The van der Waals surface area contributed by atoms with Crippen LogP contribution in [0.15, 0.2) is 18.2 Å². The lowest BCUT2D eigenvalue weighted by molar-refractivity contribution is 0.0220. The van der Waals surface area contributed by atoms with Crippen LogP contribution >= 0.6 is 0 Å². The molecule has 0 aliphatic rings. The second-order valence-electron chi connectivity index (χ2n) is 3.42. The summed E-state index contributed by atoms with van der Waals surface area (Å²) in [6, 6.07) is 4.83. The largest absolute Gasteiger partial charge is 0.497 e. The number of benzene rings is 1. The minimum absolute atomic E-state index is 0.333. The zero-order chi connectivity index (χ0) is 11.5. The molecule has 0 heterocycles. The van der Waals surface area contributed by atoms with Crippen molar-refractivity contribution in [3.05, 3.63) is 23.8 Å². The quantitative estimate of drug-likeness (QED) is 0.770. The maximum absolute atomic E-state index is 12.8. The fraction of sp³-hybridized carbons (Fsp3) is 0.455. The molecule has 0 aromatic heterocycles. The Morgan fingerprint density at radius 1 is 1.20 bits per heavy atom. The van der Waals surface area contributed by atoms with Gasteiger partial charge in [-0.15, -0.1) is 0 Å². The van der Waals surface area contributed by atoms with Gasteiger partial charge in [-0.25, -0.2) is 8.78 Å².